The van der Waals surface area contributed by atoms with Gasteiger partial charge in [-0.05, 0) is 32.0 Å². The Balaban J connectivity index is 1.61. The Kier molecular flexibility index (Phi) is 6.66. The number of anilines is 2. The lowest BCUT2D eigenvalue weighted by Gasteiger charge is -2.38. The number of carbonyl (C=O) groups is 1. The van der Waals surface area contributed by atoms with Gasteiger partial charge in [0.2, 0.25) is 5.91 Å². The molecular formula is C21H26N4O4. The van der Waals surface area contributed by atoms with Crippen LogP contribution < -0.4 is 15.0 Å². The number of rotatable bonds is 7. The first-order valence-electron chi connectivity index (χ1n) is 9.76. The molecule has 154 valence electrons. The molecule has 2 aromatic carbocycles. The quantitative estimate of drug-likeness (QED) is 0.569. The number of nitro benzene ring substituents is 1. The number of amides is 1. The summed E-state index contributed by atoms with van der Waals surface area (Å²) in [5.41, 5.74) is 1.18. The molecule has 3 rings (SSSR count). The van der Waals surface area contributed by atoms with E-state index in [4.69, 9.17) is 4.74 Å². The number of piperazine rings is 1. The Morgan fingerprint density at radius 1 is 1.14 bits per heavy atom. The molecule has 0 radical (unpaired) electrons. The number of hydrogen-bond acceptors (Lipinski definition) is 6. The van der Waals surface area contributed by atoms with Crippen LogP contribution >= 0.6 is 0 Å². The van der Waals surface area contributed by atoms with Gasteiger partial charge in [-0.3, -0.25) is 19.8 Å². The van der Waals surface area contributed by atoms with Crippen molar-refractivity contribution in [2.75, 3.05) is 43.0 Å². The zero-order chi connectivity index (χ0) is 20.8. The van der Waals surface area contributed by atoms with Crippen molar-refractivity contribution in [3.8, 4) is 5.75 Å². The lowest BCUT2D eigenvalue weighted by molar-refractivity contribution is -0.383. The van der Waals surface area contributed by atoms with Crippen LogP contribution in [0.4, 0.5) is 17.1 Å². The van der Waals surface area contributed by atoms with Crippen molar-refractivity contribution in [1.29, 1.82) is 0 Å². The van der Waals surface area contributed by atoms with Gasteiger partial charge in [-0.25, -0.2) is 0 Å². The molecule has 0 unspecified atom stereocenters. The van der Waals surface area contributed by atoms with Crippen LogP contribution in [0, 0.1) is 10.1 Å². The van der Waals surface area contributed by atoms with Crippen LogP contribution in [-0.4, -0.2) is 54.6 Å². The summed E-state index contributed by atoms with van der Waals surface area (Å²) in [6, 6.07) is 13.8. The molecular weight excluding hydrogens is 372 g/mol. The highest BCUT2D eigenvalue weighted by Gasteiger charge is 2.27. The van der Waals surface area contributed by atoms with Crippen molar-refractivity contribution < 1.29 is 14.5 Å². The van der Waals surface area contributed by atoms with Crippen LogP contribution in [0.5, 0.6) is 5.75 Å². The lowest BCUT2D eigenvalue weighted by Crippen LogP contribution is -2.52. The molecule has 0 aliphatic carbocycles. The van der Waals surface area contributed by atoms with Crippen LogP contribution in [0.25, 0.3) is 0 Å². The summed E-state index contributed by atoms with van der Waals surface area (Å²) < 4.78 is 5.73. The maximum Gasteiger partial charge on any atom is 0.292 e. The van der Waals surface area contributed by atoms with E-state index in [1.54, 1.807) is 18.2 Å². The second kappa shape index (κ2) is 9.38. The molecule has 8 nitrogen and oxygen atoms in total. The average molecular weight is 398 g/mol. The van der Waals surface area contributed by atoms with Crippen molar-refractivity contribution in [3.05, 3.63) is 58.6 Å². The van der Waals surface area contributed by atoms with Gasteiger partial charge < -0.3 is 15.0 Å². The minimum Gasteiger partial charge on any atom is -0.492 e. The average Bonchev–Trinajstić information content (AvgIpc) is 2.74. The van der Waals surface area contributed by atoms with E-state index in [1.807, 2.05) is 38.1 Å². The molecule has 8 heteroatoms. The normalized spacial score (nSPS) is 15.6. The number of carbonyl (C=O) groups excluding carboxylic acids is 1. The van der Waals surface area contributed by atoms with Crippen molar-refractivity contribution in [1.82, 2.24) is 4.90 Å². The summed E-state index contributed by atoms with van der Waals surface area (Å²) in [5, 5.41) is 13.8. The third-order valence-electron chi connectivity index (χ3n) is 5.11. The maximum absolute atomic E-state index is 12.7. The van der Waals surface area contributed by atoms with Gasteiger partial charge >= 0.3 is 0 Å². The highest BCUT2D eigenvalue weighted by molar-refractivity contribution is 5.96. The first-order chi connectivity index (χ1) is 14.0. The molecule has 2 aromatic rings. The molecule has 0 aromatic heterocycles. The van der Waals surface area contributed by atoms with E-state index in [2.05, 4.69) is 15.1 Å². The molecule has 0 saturated carbocycles. The summed E-state index contributed by atoms with van der Waals surface area (Å²) in [6.45, 7) is 7.37. The van der Waals surface area contributed by atoms with E-state index >= 15 is 0 Å². The summed E-state index contributed by atoms with van der Waals surface area (Å²) in [6.07, 6.45) is 0. The topological polar surface area (TPSA) is 88.0 Å². The van der Waals surface area contributed by atoms with Crippen LogP contribution in [-0.2, 0) is 4.79 Å². The molecule has 0 bridgehead atoms. The monoisotopic (exact) mass is 398 g/mol. The first-order valence-corrected chi connectivity index (χ1v) is 9.76. The van der Waals surface area contributed by atoms with Gasteiger partial charge in [-0.2, -0.15) is 0 Å². The van der Waals surface area contributed by atoms with Gasteiger partial charge in [-0.15, -0.1) is 0 Å². The fraction of sp³-hybridized carbons (Fsp3) is 0.381. The second-order valence-electron chi connectivity index (χ2n) is 6.86. The molecule has 1 saturated heterocycles. The van der Waals surface area contributed by atoms with E-state index in [-0.39, 0.29) is 23.3 Å². The van der Waals surface area contributed by atoms with E-state index in [0.29, 0.717) is 19.7 Å². The molecule has 0 spiro atoms. The predicted octanol–water partition coefficient (Wildman–Crippen LogP) is 3.14. The van der Waals surface area contributed by atoms with Crippen molar-refractivity contribution in [3.63, 3.8) is 0 Å². The maximum atomic E-state index is 12.7. The zero-order valence-corrected chi connectivity index (χ0v) is 16.7. The van der Waals surface area contributed by atoms with Gasteiger partial charge in [0.25, 0.3) is 5.69 Å². The number of benzene rings is 2. The zero-order valence-electron chi connectivity index (χ0n) is 16.7. The molecule has 1 amide bonds. The molecule has 1 fully saturated rings. The second-order valence-corrected chi connectivity index (χ2v) is 6.86. The SMILES string of the molecule is CCOc1ccccc1N1CCN([C@@H](C)C(=O)Nc2ccccc2[N+](=O)[O-])CC1. The fourth-order valence-electron chi connectivity index (χ4n) is 3.49. The van der Waals surface area contributed by atoms with Crippen LogP contribution in [0.3, 0.4) is 0 Å². The first kappa shape index (κ1) is 20.6. The number of nitrogens with one attached hydrogen (secondary N) is 1. The number of ether oxygens (including phenoxy) is 1. The minimum atomic E-state index is -0.491. The van der Waals surface area contributed by atoms with Gasteiger partial charge in [0.15, 0.2) is 0 Å². The Labute approximate surface area is 170 Å². The summed E-state index contributed by atoms with van der Waals surface area (Å²) in [4.78, 5) is 27.7. The van der Waals surface area contributed by atoms with Gasteiger partial charge in [0.05, 0.1) is 23.3 Å². The van der Waals surface area contributed by atoms with Gasteiger partial charge in [0, 0.05) is 32.2 Å². The summed E-state index contributed by atoms with van der Waals surface area (Å²) in [5.74, 6) is 0.619. The van der Waals surface area contributed by atoms with E-state index < -0.39 is 4.92 Å². The Morgan fingerprint density at radius 2 is 1.79 bits per heavy atom. The van der Waals surface area contributed by atoms with Gasteiger partial charge in [-0.1, -0.05) is 24.3 Å². The number of para-hydroxylation sites is 4. The third-order valence-corrected chi connectivity index (χ3v) is 5.11. The smallest absolute Gasteiger partial charge is 0.292 e. The number of hydrogen-bond donors (Lipinski definition) is 1. The standard InChI is InChI=1S/C21H26N4O4/c1-3-29-20-11-7-6-10-19(20)24-14-12-23(13-15-24)16(2)21(26)22-17-8-4-5-9-18(17)25(27)28/h4-11,16H,3,12-15H2,1-2H3,(H,22,26)/t16-/m0/s1. The third kappa shape index (κ3) is 4.83. The Bertz CT molecular complexity index is 865. The van der Waals surface area contributed by atoms with Gasteiger partial charge in [0.1, 0.15) is 11.4 Å². The van der Waals surface area contributed by atoms with Crippen LogP contribution in [0.1, 0.15) is 13.8 Å². The van der Waals surface area contributed by atoms with E-state index in [1.165, 1.54) is 6.07 Å². The molecule has 1 atom stereocenters. The minimum absolute atomic E-state index is 0.106. The summed E-state index contributed by atoms with van der Waals surface area (Å²) in [7, 11) is 0. The molecule has 29 heavy (non-hydrogen) atoms. The number of nitro groups is 1. The van der Waals surface area contributed by atoms with Crippen molar-refractivity contribution in [2.45, 2.75) is 19.9 Å². The van der Waals surface area contributed by atoms with Crippen molar-refractivity contribution in [2.24, 2.45) is 0 Å². The molecule has 1 N–H and O–H groups in total. The highest BCUT2D eigenvalue weighted by atomic mass is 16.6. The molecule has 1 aliphatic rings. The fourth-order valence-corrected chi connectivity index (χ4v) is 3.49. The lowest BCUT2D eigenvalue weighted by atomic mass is 10.1. The number of nitrogens with zero attached hydrogens (tertiary/aromatic N) is 3. The van der Waals surface area contributed by atoms with E-state index in [0.717, 1.165) is 24.5 Å². The largest absolute Gasteiger partial charge is 0.492 e. The van der Waals surface area contributed by atoms with Crippen LogP contribution in [0.15, 0.2) is 48.5 Å². The van der Waals surface area contributed by atoms with Crippen LogP contribution in [0.2, 0.25) is 0 Å². The Morgan fingerprint density at radius 3 is 2.48 bits per heavy atom. The predicted molar refractivity (Wildman–Crippen MR) is 113 cm³/mol. The van der Waals surface area contributed by atoms with E-state index in [9.17, 15) is 14.9 Å². The Hall–Kier alpha value is -3.13. The molecule has 1 aliphatic heterocycles. The molecule has 1 heterocycles. The highest BCUT2D eigenvalue weighted by Crippen LogP contribution is 2.29. The summed E-state index contributed by atoms with van der Waals surface area (Å²) >= 11 is 0. The van der Waals surface area contributed by atoms with Crippen molar-refractivity contribution >= 4 is 23.0 Å².